The molecular weight excluding hydrogens is 477 g/mol. The molecule has 1 atom stereocenters. The summed E-state index contributed by atoms with van der Waals surface area (Å²) in [7, 11) is 0. The van der Waals surface area contributed by atoms with Crippen LogP contribution in [0.3, 0.4) is 0 Å². The Morgan fingerprint density at radius 2 is 2.10 bits per heavy atom. The zero-order valence-electron chi connectivity index (χ0n) is 12.9. The Bertz CT molecular complexity index is 527. The topological polar surface area (TPSA) is 49.3 Å². The van der Waals surface area contributed by atoms with Crippen molar-refractivity contribution in [3.8, 4) is 0 Å². The third-order valence-corrected chi connectivity index (χ3v) is 4.20. The van der Waals surface area contributed by atoms with Crippen LogP contribution in [-0.2, 0) is 0 Å². The second-order valence-corrected chi connectivity index (χ2v) is 6.03. The van der Waals surface area contributed by atoms with E-state index in [0.717, 1.165) is 36.0 Å². The molecule has 21 heavy (non-hydrogen) atoms. The number of hydrogen-bond acceptors (Lipinski definition) is 2. The minimum absolute atomic E-state index is 0. The van der Waals surface area contributed by atoms with Crippen LogP contribution >= 0.6 is 0 Å². The van der Waals surface area contributed by atoms with Crippen LogP contribution in [0, 0.1) is 56.4 Å². The van der Waals surface area contributed by atoms with Gasteiger partial charge in [-0.2, -0.15) is 0 Å². The summed E-state index contributed by atoms with van der Waals surface area (Å²) in [5, 5.41) is 12.2. The summed E-state index contributed by atoms with van der Waals surface area (Å²) in [4.78, 5) is 12.2. The van der Waals surface area contributed by atoms with Gasteiger partial charge in [0.05, 0.1) is 6.61 Å². The van der Waals surface area contributed by atoms with Gasteiger partial charge in [-0.25, -0.2) is 0 Å². The monoisotopic (exact) mass is 500 g/mol. The van der Waals surface area contributed by atoms with Crippen LogP contribution in [0.2, 0.25) is 0 Å². The first-order valence-corrected chi connectivity index (χ1v) is 7.17. The van der Waals surface area contributed by atoms with Crippen molar-refractivity contribution in [3.63, 3.8) is 0 Å². The molecule has 1 aliphatic rings. The number of nitrogens with one attached hydrogen (secondary N) is 1. The second kappa shape index (κ2) is 8.46. The summed E-state index contributed by atoms with van der Waals surface area (Å²) in [6.07, 6.45) is 4.96. The van der Waals surface area contributed by atoms with Gasteiger partial charge in [0, 0.05) is 56.2 Å². The van der Waals surface area contributed by atoms with Gasteiger partial charge in [-0.05, 0) is 48.8 Å². The van der Waals surface area contributed by atoms with E-state index in [-0.39, 0.29) is 62.0 Å². The minimum atomic E-state index is 0. The molecule has 0 aromatic heterocycles. The third kappa shape index (κ3) is 5.20. The number of allylic oxidation sites excluding steroid dienone is 1. The van der Waals surface area contributed by atoms with Crippen molar-refractivity contribution >= 4 is 5.91 Å². The number of aryl methyl sites for hydroxylation is 1. The van der Waals surface area contributed by atoms with Crippen LogP contribution in [0.15, 0.2) is 35.9 Å². The number of carbonyl (C=O) groups excluding carboxylic acids is 1. The molecule has 2 N–H and O–H groups in total. The van der Waals surface area contributed by atoms with Crippen molar-refractivity contribution in [2.75, 3.05) is 13.2 Å². The van der Waals surface area contributed by atoms with Crippen LogP contribution in [0.4, 0.5) is 0 Å². The van der Waals surface area contributed by atoms with E-state index in [2.05, 4.69) is 18.3 Å². The van der Waals surface area contributed by atoms with E-state index < -0.39 is 0 Å². The molecule has 0 saturated carbocycles. The van der Waals surface area contributed by atoms with Gasteiger partial charge in [0.15, 0.2) is 0 Å². The standard InChI is InChI=1S/C17H23NO2.Ac/c1-13-5-3-4-6-15(13)16(20)18-12-17(2)9-7-14(11-19)8-10-17;/h3-7,19H,8-12H2,1-2H3,(H,18,20);. The summed E-state index contributed by atoms with van der Waals surface area (Å²) in [5.74, 6) is 0.00117. The Hall–Kier alpha value is -0.168. The first-order chi connectivity index (χ1) is 9.54. The first kappa shape index (κ1) is 18.9. The van der Waals surface area contributed by atoms with E-state index in [9.17, 15) is 4.79 Å². The average molecular weight is 500 g/mol. The van der Waals surface area contributed by atoms with Crippen LogP contribution < -0.4 is 5.32 Å². The maximum absolute atomic E-state index is 12.2. The number of rotatable bonds is 4. The zero-order valence-corrected chi connectivity index (χ0v) is 17.6. The van der Waals surface area contributed by atoms with E-state index in [0.29, 0.717) is 6.54 Å². The summed E-state index contributed by atoms with van der Waals surface area (Å²) in [5.41, 5.74) is 2.96. The van der Waals surface area contributed by atoms with Crippen molar-refractivity contribution in [2.45, 2.75) is 33.1 Å². The Kier molecular flexibility index (Phi) is 7.61. The fourth-order valence-corrected chi connectivity index (χ4v) is 2.58. The van der Waals surface area contributed by atoms with Crippen LogP contribution in [0.1, 0.15) is 42.1 Å². The smallest absolute Gasteiger partial charge is 0.251 e. The predicted octanol–water partition coefficient (Wildman–Crippen LogP) is 2.83. The zero-order chi connectivity index (χ0) is 14.6. The molecule has 1 amide bonds. The van der Waals surface area contributed by atoms with E-state index in [1.807, 2.05) is 31.2 Å². The molecule has 0 fully saturated rings. The SMILES string of the molecule is Cc1ccccc1C(=O)NCC1(C)CC=C(CO)CC1.[Ac]. The van der Waals surface area contributed by atoms with Crippen LogP contribution in [0.5, 0.6) is 0 Å². The summed E-state index contributed by atoms with van der Waals surface area (Å²) >= 11 is 0. The van der Waals surface area contributed by atoms with Gasteiger partial charge in [0.25, 0.3) is 5.91 Å². The molecule has 1 aromatic carbocycles. The molecule has 0 spiro atoms. The van der Waals surface area contributed by atoms with Crippen molar-refractivity contribution in [2.24, 2.45) is 5.41 Å². The molecule has 1 aliphatic carbocycles. The predicted molar refractivity (Wildman–Crippen MR) is 80.6 cm³/mol. The Morgan fingerprint density at radius 1 is 1.38 bits per heavy atom. The van der Waals surface area contributed by atoms with E-state index in [4.69, 9.17) is 5.11 Å². The normalized spacial score (nSPS) is 21.2. The molecule has 0 bridgehead atoms. The largest absolute Gasteiger partial charge is 0.392 e. The Morgan fingerprint density at radius 3 is 2.67 bits per heavy atom. The number of benzene rings is 1. The van der Waals surface area contributed by atoms with Gasteiger partial charge in [0.2, 0.25) is 0 Å². The molecule has 1 unspecified atom stereocenters. The molecule has 111 valence electrons. The Labute approximate surface area is 162 Å². The number of aliphatic hydroxyl groups excluding tert-OH is 1. The maximum Gasteiger partial charge on any atom is 0.251 e. The molecule has 0 aliphatic heterocycles. The molecule has 1 aromatic rings. The van der Waals surface area contributed by atoms with Gasteiger partial charge < -0.3 is 10.4 Å². The molecule has 0 saturated heterocycles. The fourth-order valence-electron chi connectivity index (χ4n) is 2.58. The van der Waals surface area contributed by atoms with Gasteiger partial charge in [-0.1, -0.05) is 31.2 Å². The maximum atomic E-state index is 12.2. The van der Waals surface area contributed by atoms with Gasteiger partial charge >= 0.3 is 0 Å². The van der Waals surface area contributed by atoms with Gasteiger partial charge in [-0.3, -0.25) is 4.79 Å². The first-order valence-electron chi connectivity index (χ1n) is 7.17. The quantitative estimate of drug-likeness (QED) is 0.625. The molecule has 3 nitrogen and oxygen atoms in total. The van der Waals surface area contributed by atoms with Crippen molar-refractivity contribution in [1.29, 1.82) is 0 Å². The molecule has 0 heterocycles. The molecular formula is C17H23AcNO2. The average Bonchev–Trinajstić information content (AvgIpc) is 2.46. The van der Waals surface area contributed by atoms with E-state index >= 15 is 0 Å². The van der Waals surface area contributed by atoms with Gasteiger partial charge in [0.1, 0.15) is 0 Å². The summed E-state index contributed by atoms with van der Waals surface area (Å²) < 4.78 is 0. The Balaban J connectivity index is 0.00000220. The van der Waals surface area contributed by atoms with Gasteiger partial charge in [-0.15, -0.1) is 0 Å². The second-order valence-electron chi connectivity index (χ2n) is 6.03. The number of amides is 1. The van der Waals surface area contributed by atoms with Crippen molar-refractivity contribution in [1.82, 2.24) is 5.32 Å². The molecule has 1 radical (unpaired) electrons. The van der Waals surface area contributed by atoms with Crippen LogP contribution in [0.25, 0.3) is 0 Å². The van der Waals surface area contributed by atoms with E-state index in [1.165, 1.54) is 0 Å². The van der Waals surface area contributed by atoms with Crippen molar-refractivity contribution in [3.05, 3.63) is 47.0 Å². The minimum Gasteiger partial charge on any atom is -0.392 e. The molecule has 2 rings (SSSR count). The van der Waals surface area contributed by atoms with Crippen LogP contribution in [-0.4, -0.2) is 24.2 Å². The summed E-state index contributed by atoms with van der Waals surface area (Å²) in [6.45, 7) is 4.98. The number of aliphatic hydroxyl groups is 1. The number of hydrogen-bond donors (Lipinski definition) is 2. The van der Waals surface area contributed by atoms with E-state index in [1.54, 1.807) is 0 Å². The summed E-state index contributed by atoms with van der Waals surface area (Å²) in [6, 6.07) is 7.64. The molecule has 4 heteroatoms. The number of carbonyl (C=O) groups is 1. The van der Waals surface area contributed by atoms with Crippen molar-refractivity contribution < 1.29 is 54.0 Å². The third-order valence-electron chi connectivity index (χ3n) is 4.20. The fraction of sp³-hybridized carbons (Fsp3) is 0.471.